The molecule has 0 aliphatic heterocycles. The average molecular weight is 320 g/mol. The number of carbonyl (C=O) groups is 1. The van der Waals surface area contributed by atoms with E-state index in [1.807, 2.05) is 54.7 Å². The number of nitrogens with one attached hydrogen (secondary N) is 2. The van der Waals surface area contributed by atoms with E-state index < -0.39 is 0 Å². The van der Waals surface area contributed by atoms with E-state index in [4.69, 9.17) is 4.74 Å². The fraction of sp³-hybridized carbons (Fsp3) is 0.250. The normalized spacial score (nSPS) is 15.2. The predicted molar refractivity (Wildman–Crippen MR) is 94.1 cm³/mol. The largest absolute Gasteiger partial charge is 0.497 e. The number of aromatic nitrogens is 1. The summed E-state index contributed by atoms with van der Waals surface area (Å²) in [7, 11) is 1.66. The van der Waals surface area contributed by atoms with Gasteiger partial charge in [0, 0.05) is 17.1 Å². The minimum Gasteiger partial charge on any atom is -0.497 e. The zero-order chi connectivity index (χ0) is 16.6. The van der Waals surface area contributed by atoms with Crippen LogP contribution in [0, 0.1) is 0 Å². The molecule has 2 aromatic carbocycles. The maximum Gasteiger partial charge on any atom is 0.225 e. The lowest BCUT2D eigenvalue weighted by molar-refractivity contribution is -0.121. The molecule has 3 aromatic rings. The van der Waals surface area contributed by atoms with Crippen molar-refractivity contribution < 1.29 is 9.53 Å². The number of aromatic amines is 1. The Morgan fingerprint density at radius 3 is 2.62 bits per heavy atom. The minimum absolute atomic E-state index is 0.0630. The lowest BCUT2D eigenvalue weighted by atomic mass is 10.0. The van der Waals surface area contributed by atoms with E-state index in [2.05, 4.69) is 10.3 Å². The third-order valence-electron chi connectivity index (χ3n) is 4.80. The van der Waals surface area contributed by atoms with E-state index in [9.17, 15) is 4.79 Å². The van der Waals surface area contributed by atoms with Crippen LogP contribution in [0.2, 0.25) is 0 Å². The molecule has 4 rings (SSSR count). The zero-order valence-corrected chi connectivity index (χ0v) is 13.6. The molecule has 1 saturated carbocycles. The summed E-state index contributed by atoms with van der Waals surface area (Å²) in [5.74, 6) is 0.896. The summed E-state index contributed by atoms with van der Waals surface area (Å²) in [6.45, 7) is 0. The number of methoxy groups -OCH3 is 1. The standard InChI is InChI=1S/C20H20N2O2/c1-24-16-8-6-15(7-9-16)20(10-11-20)22-19(23)12-14-13-21-18-5-3-2-4-17(14)18/h2-9,13,21H,10-12H2,1H3,(H,22,23). The molecule has 1 fully saturated rings. The van der Waals surface area contributed by atoms with Gasteiger partial charge in [0.15, 0.2) is 0 Å². The molecule has 0 saturated heterocycles. The summed E-state index contributed by atoms with van der Waals surface area (Å²) in [5.41, 5.74) is 3.05. The maximum absolute atomic E-state index is 12.6. The topological polar surface area (TPSA) is 54.1 Å². The number of rotatable bonds is 5. The van der Waals surface area contributed by atoms with Gasteiger partial charge in [-0.15, -0.1) is 0 Å². The fourth-order valence-corrected chi connectivity index (χ4v) is 3.28. The van der Waals surface area contributed by atoms with Crippen LogP contribution in [-0.4, -0.2) is 18.0 Å². The van der Waals surface area contributed by atoms with Crippen LogP contribution in [0.25, 0.3) is 10.9 Å². The van der Waals surface area contributed by atoms with Crippen molar-refractivity contribution in [1.29, 1.82) is 0 Å². The first-order valence-electron chi connectivity index (χ1n) is 8.21. The van der Waals surface area contributed by atoms with E-state index in [-0.39, 0.29) is 11.4 Å². The number of para-hydroxylation sites is 1. The highest BCUT2D eigenvalue weighted by Gasteiger charge is 2.45. The molecule has 0 unspecified atom stereocenters. The van der Waals surface area contributed by atoms with Crippen LogP contribution in [0.15, 0.2) is 54.7 Å². The first kappa shape index (κ1) is 14.8. The molecule has 122 valence electrons. The van der Waals surface area contributed by atoms with Crippen molar-refractivity contribution in [3.8, 4) is 5.75 Å². The van der Waals surface area contributed by atoms with E-state index in [0.717, 1.165) is 40.6 Å². The molecule has 24 heavy (non-hydrogen) atoms. The first-order chi connectivity index (χ1) is 11.7. The van der Waals surface area contributed by atoms with Gasteiger partial charge in [0.1, 0.15) is 5.75 Å². The lowest BCUT2D eigenvalue weighted by Gasteiger charge is -2.18. The molecule has 0 radical (unpaired) electrons. The Kier molecular flexibility index (Phi) is 3.53. The SMILES string of the molecule is COc1ccc(C2(NC(=O)Cc3c[nH]c4ccccc34)CC2)cc1. The van der Waals surface area contributed by atoms with Crippen molar-refractivity contribution in [1.82, 2.24) is 10.3 Å². The first-order valence-corrected chi connectivity index (χ1v) is 8.21. The van der Waals surface area contributed by atoms with Crippen molar-refractivity contribution in [2.75, 3.05) is 7.11 Å². The minimum atomic E-state index is -0.199. The summed E-state index contributed by atoms with van der Waals surface area (Å²) in [5, 5.41) is 4.34. The number of hydrogen-bond acceptors (Lipinski definition) is 2. The summed E-state index contributed by atoms with van der Waals surface area (Å²) in [6, 6.07) is 16.0. The van der Waals surface area contributed by atoms with Gasteiger partial charge in [-0.25, -0.2) is 0 Å². The average Bonchev–Trinajstić information content (AvgIpc) is 3.29. The van der Waals surface area contributed by atoms with Crippen molar-refractivity contribution in [3.63, 3.8) is 0 Å². The molecule has 1 amide bonds. The third-order valence-corrected chi connectivity index (χ3v) is 4.80. The molecule has 1 heterocycles. The number of H-pyrrole nitrogens is 1. The van der Waals surface area contributed by atoms with Gasteiger partial charge in [-0.3, -0.25) is 4.79 Å². The van der Waals surface area contributed by atoms with Crippen LogP contribution < -0.4 is 10.1 Å². The summed E-state index contributed by atoms with van der Waals surface area (Å²) < 4.78 is 5.20. The number of fused-ring (bicyclic) bond motifs is 1. The van der Waals surface area contributed by atoms with Crippen LogP contribution in [0.1, 0.15) is 24.0 Å². The molecular weight excluding hydrogens is 300 g/mol. The van der Waals surface area contributed by atoms with Crippen molar-refractivity contribution in [2.24, 2.45) is 0 Å². The van der Waals surface area contributed by atoms with Crippen molar-refractivity contribution in [3.05, 3.63) is 65.9 Å². The monoisotopic (exact) mass is 320 g/mol. The second-order valence-electron chi connectivity index (χ2n) is 6.40. The Bertz CT molecular complexity index is 876. The summed E-state index contributed by atoms with van der Waals surface area (Å²) in [6.07, 6.45) is 4.29. The van der Waals surface area contributed by atoms with Gasteiger partial charge >= 0.3 is 0 Å². The number of benzene rings is 2. The summed E-state index contributed by atoms with van der Waals surface area (Å²) >= 11 is 0. The lowest BCUT2D eigenvalue weighted by Crippen LogP contribution is -2.35. The molecular formula is C20H20N2O2. The van der Waals surface area contributed by atoms with E-state index in [1.165, 1.54) is 0 Å². The van der Waals surface area contributed by atoms with E-state index in [1.54, 1.807) is 7.11 Å². The molecule has 1 aliphatic carbocycles. The van der Waals surface area contributed by atoms with Gasteiger partial charge in [-0.1, -0.05) is 30.3 Å². The fourth-order valence-electron chi connectivity index (χ4n) is 3.28. The zero-order valence-electron chi connectivity index (χ0n) is 13.6. The van der Waals surface area contributed by atoms with E-state index >= 15 is 0 Å². The van der Waals surface area contributed by atoms with Crippen LogP contribution in [0.5, 0.6) is 5.75 Å². The Labute approximate surface area is 140 Å². The number of hydrogen-bond donors (Lipinski definition) is 2. The maximum atomic E-state index is 12.6. The second kappa shape index (κ2) is 5.71. The molecule has 0 atom stereocenters. The smallest absolute Gasteiger partial charge is 0.225 e. The van der Waals surface area contributed by atoms with Gasteiger partial charge in [-0.2, -0.15) is 0 Å². The molecule has 4 nitrogen and oxygen atoms in total. The molecule has 4 heteroatoms. The van der Waals surface area contributed by atoms with Gasteiger partial charge in [-0.05, 0) is 42.2 Å². The molecule has 0 bridgehead atoms. The highest BCUT2D eigenvalue weighted by molar-refractivity contribution is 5.89. The van der Waals surface area contributed by atoms with Gasteiger partial charge < -0.3 is 15.0 Å². The second-order valence-corrected chi connectivity index (χ2v) is 6.40. The van der Waals surface area contributed by atoms with Gasteiger partial charge in [0.05, 0.1) is 19.1 Å². The highest BCUT2D eigenvalue weighted by atomic mass is 16.5. The van der Waals surface area contributed by atoms with Gasteiger partial charge in [0.25, 0.3) is 0 Å². The molecule has 2 N–H and O–H groups in total. The Balaban J connectivity index is 1.49. The number of amides is 1. The van der Waals surface area contributed by atoms with Crippen molar-refractivity contribution >= 4 is 16.8 Å². The molecule has 1 aromatic heterocycles. The van der Waals surface area contributed by atoms with Crippen LogP contribution >= 0.6 is 0 Å². The summed E-state index contributed by atoms with van der Waals surface area (Å²) in [4.78, 5) is 15.8. The molecule has 0 spiro atoms. The highest BCUT2D eigenvalue weighted by Crippen LogP contribution is 2.45. The van der Waals surface area contributed by atoms with Crippen molar-refractivity contribution in [2.45, 2.75) is 24.8 Å². The molecule has 1 aliphatic rings. The van der Waals surface area contributed by atoms with Crippen LogP contribution in [0.4, 0.5) is 0 Å². The van der Waals surface area contributed by atoms with E-state index in [0.29, 0.717) is 6.42 Å². The Morgan fingerprint density at radius 2 is 1.92 bits per heavy atom. The van der Waals surface area contributed by atoms with Crippen LogP contribution in [-0.2, 0) is 16.8 Å². The Hall–Kier alpha value is -2.75. The third kappa shape index (κ3) is 2.64. The number of ether oxygens (including phenoxy) is 1. The van der Waals surface area contributed by atoms with Crippen LogP contribution in [0.3, 0.4) is 0 Å². The predicted octanol–water partition coefficient (Wildman–Crippen LogP) is 3.52. The number of carbonyl (C=O) groups excluding carboxylic acids is 1. The Morgan fingerprint density at radius 1 is 1.17 bits per heavy atom. The van der Waals surface area contributed by atoms with Gasteiger partial charge in [0.2, 0.25) is 5.91 Å². The quantitative estimate of drug-likeness (QED) is 0.755.